The molecule has 0 aromatic heterocycles. The maximum absolute atomic E-state index is 12.8. The molecule has 0 radical (unpaired) electrons. The van der Waals surface area contributed by atoms with Crippen LogP contribution in [0.3, 0.4) is 0 Å². The molecule has 0 spiro atoms. The lowest BCUT2D eigenvalue weighted by Crippen LogP contribution is -2.60. The Morgan fingerprint density at radius 1 is 0.532 bits per heavy atom. The lowest BCUT2D eigenvalue weighted by molar-refractivity contribution is -0.297. The summed E-state index contributed by atoms with van der Waals surface area (Å²) >= 11 is 0. The maximum atomic E-state index is 12.8. The molecule has 1 aliphatic rings. The predicted octanol–water partition coefficient (Wildman–Crippen LogP) is 11.0. The fourth-order valence-electron chi connectivity index (χ4n) is 7.91. The number of aliphatic hydroxyl groups excluding tert-OH is 3. The zero-order valence-electron chi connectivity index (χ0n) is 39.2. The maximum Gasteiger partial charge on any atom is 0.306 e. The van der Waals surface area contributed by atoms with Gasteiger partial charge in [0.1, 0.15) is 36.8 Å². The number of esters is 2. The van der Waals surface area contributed by atoms with E-state index in [-0.39, 0.29) is 19.4 Å². The second-order valence-electron chi connectivity index (χ2n) is 17.8. The van der Waals surface area contributed by atoms with Crippen molar-refractivity contribution >= 4 is 22.1 Å². The first kappa shape index (κ1) is 58.4. The molecule has 0 bridgehead atoms. The van der Waals surface area contributed by atoms with Gasteiger partial charge in [0.05, 0.1) is 6.61 Å². The fraction of sp³-hybridized carbons (Fsp3) is 0.918. The number of carbonyl (C=O) groups is 2. The fourth-order valence-corrected chi connectivity index (χ4v) is 8.60. The van der Waals surface area contributed by atoms with Crippen LogP contribution in [-0.4, -0.2) is 96.0 Å². The normalized spacial score (nSPS) is 19.9. The molecular weight excluding hydrogens is 813 g/mol. The molecular formula is C49H92O12S. The summed E-state index contributed by atoms with van der Waals surface area (Å²) in [6.45, 7) is 3.78. The van der Waals surface area contributed by atoms with Crippen LogP contribution in [0.15, 0.2) is 12.2 Å². The molecule has 0 saturated carbocycles. The van der Waals surface area contributed by atoms with E-state index in [0.717, 1.165) is 57.8 Å². The van der Waals surface area contributed by atoms with E-state index in [1.807, 2.05) is 0 Å². The average molecular weight is 905 g/mol. The standard InChI is InChI=1S/C49H92O12S/c1-3-5-7-9-11-13-15-17-19-20-21-22-23-24-26-27-29-31-33-35-37-44(50)58-39-42(40-59-49-48(54)47(53)46(52)43(61-49)41-62(55,56)57)60-45(51)38-36-34-32-30-28-25-18-16-14-12-10-8-6-4-2/h16,18,42-43,46-49,52-54H,3-15,17,19-41H2,1-2H3,(H,55,56,57)/b18-16-. The Bertz CT molecular complexity index is 1200. The van der Waals surface area contributed by atoms with Crippen molar-refractivity contribution in [1.82, 2.24) is 0 Å². The first-order chi connectivity index (χ1) is 30.0. The lowest BCUT2D eigenvalue weighted by Gasteiger charge is -2.40. The van der Waals surface area contributed by atoms with Gasteiger partial charge in [-0.25, -0.2) is 0 Å². The molecule has 0 amide bonds. The third kappa shape index (κ3) is 33.8. The van der Waals surface area contributed by atoms with Crippen LogP contribution in [0.2, 0.25) is 0 Å². The number of ether oxygens (including phenoxy) is 4. The third-order valence-corrected chi connectivity index (χ3v) is 12.6. The van der Waals surface area contributed by atoms with Gasteiger partial charge in [-0.2, -0.15) is 8.42 Å². The second-order valence-corrected chi connectivity index (χ2v) is 19.3. The minimum absolute atomic E-state index is 0.158. The molecule has 1 fully saturated rings. The van der Waals surface area contributed by atoms with Crippen molar-refractivity contribution in [3.05, 3.63) is 12.2 Å². The Kier molecular flexibility index (Phi) is 37.4. The highest BCUT2D eigenvalue weighted by molar-refractivity contribution is 7.85. The highest BCUT2D eigenvalue weighted by Gasteiger charge is 2.46. The minimum atomic E-state index is -4.60. The summed E-state index contributed by atoms with van der Waals surface area (Å²) < 4.78 is 54.2. The number of unbranched alkanes of at least 4 members (excludes halogenated alkanes) is 29. The first-order valence-corrected chi connectivity index (χ1v) is 26.9. The van der Waals surface area contributed by atoms with Gasteiger partial charge in [-0.15, -0.1) is 0 Å². The van der Waals surface area contributed by atoms with E-state index in [9.17, 15) is 37.9 Å². The summed E-state index contributed by atoms with van der Waals surface area (Å²) in [6, 6.07) is 0. The monoisotopic (exact) mass is 905 g/mol. The van der Waals surface area contributed by atoms with Crippen LogP contribution in [0.4, 0.5) is 0 Å². The van der Waals surface area contributed by atoms with Gasteiger partial charge in [-0.3, -0.25) is 14.1 Å². The molecule has 0 aromatic rings. The third-order valence-electron chi connectivity index (χ3n) is 11.8. The molecule has 1 heterocycles. The van der Waals surface area contributed by atoms with Crippen molar-refractivity contribution in [2.45, 2.75) is 269 Å². The summed E-state index contributed by atoms with van der Waals surface area (Å²) in [5.74, 6) is -1.98. The molecule has 1 saturated heterocycles. The zero-order chi connectivity index (χ0) is 45.5. The van der Waals surface area contributed by atoms with Gasteiger partial charge < -0.3 is 34.3 Å². The smallest absolute Gasteiger partial charge is 0.306 e. The van der Waals surface area contributed by atoms with Crippen LogP contribution in [0, 0.1) is 0 Å². The SMILES string of the molecule is CCCCCCC/C=C\CCCCCCCC(=O)OC(COC(=O)CCCCCCCCCCCCCCCCCCCCCC)COC1OC(CS(=O)(=O)O)C(O)C(O)C1O. The molecule has 12 nitrogen and oxygen atoms in total. The van der Waals surface area contributed by atoms with Crippen molar-refractivity contribution in [3.63, 3.8) is 0 Å². The van der Waals surface area contributed by atoms with E-state index in [1.54, 1.807) is 0 Å². The van der Waals surface area contributed by atoms with Crippen LogP contribution in [0.25, 0.3) is 0 Å². The van der Waals surface area contributed by atoms with Crippen LogP contribution in [0.1, 0.15) is 232 Å². The molecule has 366 valence electrons. The number of hydrogen-bond donors (Lipinski definition) is 4. The quantitative estimate of drug-likeness (QED) is 0.0197. The van der Waals surface area contributed by atoms with Crippen molar-refractivity contribution in [2.24, 2.45) is 0 Å². The Labute approximate surface area is 377 Å². The molecule has 6 unspecified atom stereocenters. The predicted molar refractivity (Wildman–Crippen MR) is 247 cm³/mol. The molecule has 0 aromatic carbocycles. The van der Waals surface area contributed by atoms with Gasteiger partial charge in [-0.1, -0.05) is 193 Å². The van der Waals surface area contributed by atoms with Crippen molar-refractivity contribution in [3.8, 4) is 0 Å². The van der Waals surface area contributed by atoms with Gasteiger partial charge in [0, 0.05) is 12.8 Å². The largest absolute Gasteiger partial charge is 0.462 e. The van der Waals surface area contributed by atoms with Crippen molar-refractivity contribution in [2.75, 3.05) is 19.0 Å². The average Bonchev–Trinajstić information content (AvgIpc) is 3.24. The Morgan fingerprint density at radius 3 is 1.34 bits per heavy atom. The van der Waals surface area contributed by atoms with Gasteiger partial charge >= 0.3 is 11.9 Å². The van der Waals surface area contributed by atoms with Crippen LogP contribution >= 0.6 is 0 Å². The molecule has 6 atom stereocenters. The number of carbonyl (C=O) groups excluding carboxylic acids is 2. The molecule has 1 aliphatic heterocycles. The minimum Gasteiger partial charge on any atom is -0.462 e. The zero-order valence-corrected chi connectivity index (χ0v) is 40.1. The molecule has 13 heteroatoms. The molecule has 62 heavy (non-hydrogen) atoms. The van der Waals surface area contributed by atoms with E-state index in [2.05, 4.69) is 26.0 Å². The van der Waals surface area contributed by atoms with Gasteiger partial charge in [0.25, 0.3) is 10.1 Å². The molecule has 0 aliphatic carbocycles. The molecule has 4 N–H and O–H groups in total. The van der Waals surface area contributed by atoms with Crippen LogP contribution in [-0.2, 0) is 38.7 Å². The van der Waals surface area contributed by atoms with E-state index >= 15 is 0 Å². The van der Waals surface area contributed by atoms with Crippen LogP contribution < -0.4 is 0 Å². The van der Waals surface area contributed by atoms with E-state index < -0.39 is 71.2 Å². The van der Waals surface area contributed by atoms with E-state index in [1.165, 1.54) is 135 Å². The Balaban J connectivity index is 2.36. The number of hydrogen-bond acceptors (Lipinski definition) is 11. The second kappa shape index (κ2) is 39.7. The first-order valence-electron chi connectivity index (χ1n) is 25.2. The lowest BCUT2D eigenvalue weighted by atomic mass is 10.00. The Hall–Kier alpha value is -1.61. The summed E-state index contributed by atoms with van der Waals surface area (Å²) in [5, 5.41) is 30.9. The summed E-state index contributed by atoms with van der Waals surface area (Å²) in [7, 11) is -4.60. The highest BCUT2D eigenvalue weighted by Crippen LogP contribution is 2.24. The summed E-state index contributed by atoms with van der Waals surface area (Å²) in [4.78, 5) is 25.5. The number of rotatable bonds is 43. The van der Waals surface area contributed by atoms with Gasteiger partial charge in [0.2, 0.25) is 0 Å². The van der Waals surface area contributed by atoms with E-state index in [0.29, 0.717) is 12.8 Å². The Morgan fingerprint density at radius 2 is 0.919 bits per heavy atom. The van der Waals surface area contributed by atoms with Gasteiger partial charge in [-0.05, 0) is 38.5 Å². The van der Waals surface area contributed by atoms with Crippen LogP contribution in [0.5, 0.6) is 0 Å². The van der Waals surface area contributed by atoms with E-state index in [4.69, 9.17) is 18.9 Å². The number of allylic oxidation sites excluding steroid dienone is 2. The topological polar surface area (TPSA) is 186 Å². The van der Waals surface area contributed by atoms with Crippen molar-refractivity contribution < 1.29 is 56.8 Å². The molecule has 1 rings (SSSR count). The summed E-state index contributed by atoms with van der Waals surface area (Å²) in [5.41, 5.74) is 0. The summed E-state index contributed by atoms with van der Waals surface area (Å²) in [6.07, 6.45) is 34.0. The van der Waals surface area contributed by atoms with Crippen molar-refractivity contribution in [1.29, 1.82) is 0 Å². The highest BCUT2D eigenvalue weighted by atomic mass is 32.2. The van der Waals surface area contributed by atoms with Gasteiger partial charge in [0.15, 0.2) is 12.4 Å². The number of aliphatic hydroxyl groups is 3.